The normalized spacial score (nSPS) is 10.6. The van der Waals surface area contributed by atoms with Crippen molar-refractivity contribution in [2.45, 2.75) is 26.7 Å². The molecule has 0 aliphatic rings. The summed E-state index contributed by atoms with van der Waals surface area (Å²) in [6.45, 7) is 4.76. The first kappa shape index (κ1) is 14.4. The van der Waals surface area contributed by atoms with Gasteiger partial charge in [0.2, 0.25) is 0 Å². The van der Waals surface area contributed by atoms with Crippen molar-refractivity contribution in [3.05, 3.63) is 41.7 Å². The van der Waals surface area contributed by atoms with Crippen LogP contribution in [0.2, 0.25) is 0 Å². The molecule has 1 heterocycles. The van der Waals surface area contributed by atoms with Gasteiger partial charge in [0, 0.05) is 17.7 Å². The molecule has 2 aromatic rings. The highest BCUT2D eigenvalue weighted by Gasteiger charge is 2.16. The van der Waals surface area contributed by atoms with Crippen LogP contribution in [-0.2, 0) is 6.42 Å². The van der Waals surface area contributed by atoms with Crippen LogP contribution >= 0.6 is 0 Å². The number of nitrogens with one attached hydrogen (secondary N) is 1. The fourth-order valence-electron chi connectivity index (χ4n) is 2.06. The molecule has 0 aliphatic heterocycles. The van der Waals surface area contributed by atoms with Crippen LogP contribution in [0.15, 0.2) is 24.5 Å². The van der Waals surface area contributed by atoms with Gasteiger partial charge in [-0.15, -0.1) is 0 Å². The van der Waals surface area contributed by atoms with Crippen molar-refractivity contribution in [3.8, 4) is 11.3 Å². The van der Waals surface area contributed by atoms with Crippen molar-refractivity contribution < 1.29 is 8.78 Å². The number of hydrogen-bond donors (Lipinski definition) is 1. The van der Waals surface area contributed by atoms with E-state index < -0.39 is 11.6 Å². The molecule has 2 rings (SSSR count). The van der Waals surface area contributed by atoms with Crippen LogP contribution in [0.5, 0.6) is 0 Å². The molecule has 1 aromatic carbocycles. The molecule has 0 amide bonds. The van der Waals surface area contributed by atoms with Gasteiger partial charge in [-0.1, -0.05) is 19.9 Å². The van der Waals surface area contributed by atoms with Gasteiger partial charge in [0.15, 0.2) is 11.6 Å². The largest absolute Gasteiger partial charge is 0.370 e. The highest BCUT2D eigenvalue weighted by molar-refractivity contribution is 5.68. The van der Waals surface area contributed by atoms with Gasteiger partial charge in [0.1, 0.15) is 12.1 Å². The summed E-state index contributed by atoms with van der Waals surface area (Å²) >= 11 is 0. The molecule has 0 unspecified atom stereocenters. The van der Waals surface area contributed by atoms with E-state index in [-0.39, 0.29) is 5.56 Å². The van der Waals surface area contributed by atoms with Crippen LogP contribution in [0.4, 0.5) is 14.6 Å². The van der Waals surface area contributed by atoms with E-state index >= 15 is 0 Å². The number of halogens is 2. The third-order valence-corrected chi connectivity index (χ3v) is 3.05. The summed E-state index contributed by atoms with van der Waals surface area (Å²) in [6, 6.07) is 4.11. The zero-order valence-electron chi connectivity index (χ0n) is 11.6. The minimum Gasteiger partial charge on any atom is -0.370 e. The van der Waals surface area contributed by atoms with Gasteiger partial charge < -0.3 is 5.32 Å². The lowest BCUT2D eigenvalue weighted by Crippen LogP contribution is -2.08. The van der Waals surface area contributed by atoms with Gasteiger partial charge in [-0.25, -0.2) is 18.7 Å². The second kappa shape index (κ2) is 6.41. The van der Waals surface area contributed by atoms with Crippen molar-refractivity contribution in [2.24, 2.45) is 0 Å². The maximum Gasteiger partial charge on any atom is 0.168 e. The first-order valence-electron chi connectivity index (χ1n) is 6.71. The molecule has 0 bridgehead atoms. The summed E-state index contributed by atoms with van der Waals surface area (Å²) in [6.07, 6.45) is 2.96. The van der Waals surface area contributed by atoms with Crippen molar-refractivity contribution >= 4 is 5.82 Å². The van der Waals surface area contributed by atoms with Crippen molar-refractivity contribution in [2.75, 3.05) is 11.9 Å². The Bertz CT molecular complexity index is 600. The SMILES string of the molecule is CCCNc1ncnc(-c2cccc(F)c2F)c1CC. The van der Waals surface area contributed by atoms with E-state index in [4.69, 9.17) is 0 Å². The summed E-state index contributed by atoms with van der Waals surface area (Å²) in [7, 11) is 0. The smallest absolute Gasteiger partial charge is 0.168 e. The minimum absolute atomic E-state index is 0.170. The molecule has 0 radical (unpaired) electrons. The molecule has 3 nitrogen and oxygen atoms in total. The van der Waals surface area contributed by atoms with Gasteiger partial charge in [-0.2, -0.15) is 0 Å². The monoisotopic (exact) mass is 277 g/mol. The van der Waals surface area contributed by atoms with E-state index in [0.717, 1.165) is 24.6 Å². The zero-order valence-corrected chi connectivity index (χ0v) is 11.6. The lowest BCUT2D eigenvalue weighted by Gasteiger charge is -2.13. The maximum atomic E-state index is 13.9. The standard InChI is InChI=1S/C15H17F2N3/c1-3-8-18-15-10(4-2)14(19-9-20-15)11-6-5-7-12(16)13(11)17/h5-7,9H,3-4,8H2,1-2H3,(H,18,19,20). The Morgan fingerprint density at radius 3 is 2.65 bits per heavy atom. The molecular formula is C15H17F2N3. The van der Waals surface area contributed by atoms with Gasteiger partial charge in [-0.05, 0) is 25.0 Å². The summed E-state index contributed by atoms with van der Waals surface area (Å²) in [5.74, 6) is -1.06. The van der Waals surface area contributed by atoms with Crippen LogP contribution in [0.25, 0.3) is 11.3 Å². The lowest BCUT2D eigenvalue weighted by atomic mass is 10.0. The molecule has 0 saturated carbocycles. The fourth-order valence-corrected chi connectivity index (χ4v) is 2.06. The highest BCUT2D eigenvalue weighted by Crippen LogP contribution is 2.29. The Morgan fingerprint density at radius 2 is 1.95 bits per heavy atom. The molecule has 1 N–H and O–H groups in total. The third kappa shape index (κ3) is 2.76. The zero-order chi connectivity index (χ0) is 14.5. The van der Waals surface area contributed by atoms with Crippen molar-refractivity contribution in [1.82, 2.24) is 9.97 Å². The molecule has 0 spiro atoms. The van der Waals surface area contributed by atoms with Gasteiger partial charge in [0.05, 0.1) is 5.69 Å². The maximum absolute atomic E-state index is 13.9. The third-order valence-electron chi connectivity index (χ3n) is 3.05. The van der Waals surface area contributed by atoms with Gasteiger partial charge in [0.25, 0.3) is 0 Å². The first-order chi connectivity index (χ1) is 9.69. The summed E-state index contributed by atoms with van der Waals surface area (Å²) in [5.41, 5.74) is 1.41. The molecule has 0 aliphatic carbocycles. The van der Waals surface area contributed by atoms with E-state index in [1.807, 2.05) is 13.8 Å². The van der Waals surface area contributed by atoms with Crippen LogP contribution in [0.1, 0.15) is 25.8 Å². The Labute approximate surface area is 117 Å². The van der Waals surface area contributed by atoms with E-state index in [0.29, 0.717) is 17.9 Å². The van der Waals surface area contributed by atoms with E-state index in [1.54, 1.807) is 0 Å². The molecule has 20 heavy (non-hydrogen) atoms. The lowest BCUT2D eigenvalue weighted by molar-refractivity contribution is 0.511. The quantitative estimate of drug-likeness (QED) is 0.903. The predicted octanol–water partition coefficient (Wildman–Crippen LogP) is 3.81. The number of anilines is 1. The van der Waals surface area contributed by atoms with Crippen molar-refractivity contribution in [3.63, 3.8) is 0 Å². The number of aromatic nitrogens is 2. The van der Waals surface area contributed by atoms with Gasteiger partial charge in [-0.3, -0.25) is 0 Å². The molecule has 0 atom stereocenters. The summed E-state index contributed by atoms with van der Waals surface area (Å²) in [5, 5.41) is 3.19. The fraction of sp³-hybridized carbons (Fsp3) is 0.333. The van der Waals surface area contributed by atoms with Crippen LogP contribution in [0.3, 0.4) is 0 Å². The first-order valence-corrected chi connectivity index (χ1v) is 6.71. The topological polar surface area (TPSA) is 37.8 Å². The van der Waals surface area contributed by atoms with Crippen LogP contribution in [-0.4, -0.2) is 16.5 Å². The average molecular weight is 277 g/mol. The summed E-state index contributed by atoms with van der Waals surface area (Å²) in [4.78, 5) is 8.32. The molecular weight excluding hydrogens is 260 g/mol. The molecule has 0 fully saturated rings. The predicted molar refractivity (Wildman–Crippen MR) is 75.5 cm³/mol. The van der Waals surface area contributed by atoms with Crippen LogP contribution in [0, 0.1) is 11.6 Å². The van der Waals surface area contributed by atoms with Crippen LogP contribution < -0.4 is 5.32 Å². The van der Waals surface area contributed by atoms with E-state index in [1.165, 1.54) is 18.5 Å². The minimum atomic E-state index is -0.873. The summed E-state index contributed by atoms with van der Waals surface area (Å²) < 4.78 is 27.3. The van der Waals surface area contributed by atoms with Crippen molar-refractivity contribution in [1.29, 1.82) is 0 Å². The Morgan fingerprint density at radius 1 is 1.15 bits per heavy atom. The number of rotatable bonds is 5. The van der Waals surface area contributed by atoms with E-state index in [9.17, 15) is 8.78 Å². The average Bonchev–Trinajstić information content (AvgIpc) is 2.47. The molecule has 5 heteroatoms. The highest BCUT2D eigenvalue weighted by atomic mass is 19.2. The Balaban J connectivity index is 2.53. The number of hydrogen-bond acceptors (Lipinski definition) is 3. The number of nitrogens with zero attached hydrogens (tertiary/aromatic N) is 2. The Hall–Kier alpha value is -2.04. The molecule has 0 saturated heterocycles. The second-order valence-electron chi connectivity index (χ2n) is 4.43. The molecule has 1 aromatic heterocycles. The second-order valence-corrected chi connectivity index (χ2v) is 4.43. The molecule has 106 valence electrons. The Kier molecular flexibility index (Phi) is 4.61. The van der Waals surface area contributed by atoms with Gasteiger partial charge >= 0.3 is 0 Å². The number of benzene rings is 1. The van der Waals surface area contributed by atoms with E-state index in [2.05, 4.69) is 15.3 Å².